The Labute approximate surface area is 146 Å². The fourth-order valence-electron chi connectivity index (χ4n) is 3.58. The molecule has 0 radical (unpaired) electrons. The lowest BCUT2D eigenvalue weighted by Crippen LogP contribution is -2.38. The van der Waals surface area contributed by atoms with E-state index >= 15 is 0 Å². The number of ether oxygens (including phenoxy) is 2. The Kier molecular flexibility index (Phi) is 4.29. The summed E-state index contributed by atoms with van der Waals surface area (Å²) in [6.07, 6.45) is 3.58. The van der Waals surface area contributed by atoms with Gasteiger partial charge in [0.25, 0.3) is 5.91 Å². The summed E-state index contributed by atoms with van der Waals surface area (Å²) in [5.74, 6) is 2.63. The number of fused-ring (bicyclic) bond motifs is 1. The van der Waals surface area contributed by atoms with Crippen LogP contribution in [0.1, 0.15) is 41.9 Å². The van der Waals surface area contributed by atoms with Gasteiger partial charge in [-0.3, -0.25) is 4.79 Å². The van der Waals surface area contributed by atoms with Crippen molar-refractivity contribution in [1.82, 2.24) is 19.7 Å². The second kappa shape index (κ2) is 6.74. The average Bonchev–Trinajstić information content (AvgIpc) is 3.16. The Morgan fingerprint density at radius 2 is 2.04 bits per heavy atom. The van der Waals surface area contributed by atoms with Crippen molar-refractivity contribution < 1.29 is 14.3 Å². The van der Waals surface area contributed by atoms with Gasteiger partial charge in [0.2, 0.25) is 0 Å². The van der Waals surface area contributed by atoms with Crippen molar-refractivity contribution in [2.24, 2.45) is 0 Å². The highest BCUT2D eigenvalue weighted by Crippen LogP contribution is 2.35. The maximum atomic E-state index is 12.9. The van der Waals surface area contributed by atoms with Gasteiger partial charge in [0.1, 0.15) is 25.4 Å². The van der Waals surface area contributed by atoms with Crippen LogP contribution in [-0.4, -0.2) is 51.9 Å². The van der Waals surface area contributed by atoms with Crippen molar-refractivity contribution in [2.75, 3.05) is 26.3 Å². The Hall–Kier alpha value is -2.57. The molecule has 0 atom stereocenters. The normalized spacial score (nSPS) is 17.6. The van der Waals surface area contributed by atoms with E-state index in [1.165, 1.54) is 0 Å². The third-order valence-corrected chi connectivity index (χ3v) is 4.93. The monoisotopic (exact) mass is 342 g/mol. The van der Waals surface area contributed by atoms with Crippen LogP contribution in [0.15, 0.2) is 24.5 Å². The number of aromatic nitrogens is 3. The van der Waals surface area contributed by atoms with E-state index in [9.17, 15) is 4.79 Å². The fraction of sp³-hybridized carbons (Fsp3) is 0.500. The minimum atomic E-state index is 0.0118. The van der Waals surface area contributed by atoms with Crippen molar-refractivity contribution in [3.05, 3.63) is 35.9 Å². The molecule has 2 aromatic rings. The van der Waals surface area contributed by atoms with Crippen LogP contribution in [0.4, 0.5) is 0 Å². The molecule has 7 heteroatoms. The van der Waals surface area contributed by atoms with Crippen molar-refractivity contribution in [1.29, 1.82) is 0 Å². The number of hydrogen-bond acceptors (Lipinski definition) is 5. The van der Waals surface area contributed by atoms with Crippen LogP contribution in [-0.2, 0) is 6.54 Å². The van der Waals surface area contributed by atoms with E-state index in [1.807, 2.05) is 23.1 Å². The van der Waals surface area contributed by atoms with E-state index < -0.39 is 0 Å². The van der Waals surface area contributed by atoms with Crippen LogP contribution < -0.4 is 9.47 Å². The number of nitrogens with zero attached hydrogens (tertiary/aromatic N) is 4. The zero-order valence-corrected chi connectivity index (χ0v) is 14.4. The molecule has 3 heterocycles. The first kappa shape index (κ1) is 15.9. The van der Waals surface area contributed by atoms with Crippen molar-refractivity contribution in [3.63, 3.8) is 0 Å². The van der Waals surface area contributed by atoms with Crippen LogP contribution >= 0.6 is 0 Å². The van der Waals surface area contributed by atoms with Crippen LogP contribution in [0.25, 0.3) is 0 Å². The van der Waals surface area contributed by atoms with Crippen molar-refractivity contribution >= 4 is 5.91 Å². The quantitative estimate of drug-likeness (QED) is 0.854. The van der Waals surface area contributed by atoms with Crippen molar-refractivity contribution in [2.45, 2.75) is 32.2 Å². The molecule has 0 bridgehead atoms. The number of hydrogen-bond donors (Lipinski definition) is 0. The zero-order valence-electron chi connectivity index (χ0n) is 14.4. The molecule has 7 nitrogen and oxygen atoms in total. The molecule has 0 unspecified atom stereocenters. The second-order valence-electron chi connectivity index (χ2n) is 6.37. The molecule has 25 heavy (non-hydrogen) atoms. The molecule has 0 aliphatic carbocycles. The van der Waals surface area contributed by atoms with Gasteiger partial charge in [-0.05, 0) is 31.9 Å². The van der Waals surface area contributed by atoms with E-state index in [2.05, 4.69) is 21.7 Å². The van der Waals surface area contributed by atoms with E-state index in [1.54, 1.807) is 6.33 Å². The molecule has 1 fully saturated rings. The summed E-state index contributed by atoms with van der Waals surface area (Å²) in [6.45, 7) is 5.39. The van der Waals surface area contributed by atoms with E-state index in [-0.39, 0.29) is 5.91 Å². The summed E-state index contributed by atoms with van der Waals surface area (Å²) in [5.41, 5.74) is 0.590. The highest BCUT2D eigenvalue weighted by molar-refractivity contribution is 5.98. The highest BCUT2D eigenvalue weighted by Gasteiger charge is 2.29. The summed E-state index contributed by atoms with van der Waals surface area (Å²) in [5, 5.41) is 8.29. The minimum Gasteiger partial charge on any atom is -0.486 e. The predicted octanol–water partition coefficient (Wildman–Crippen LogP) is 2.09. The number of rotatable bonds is 3. The number of carbonyl (C=O) groups excluding carboxylic acids is 1. The molecule has 2 aliphatic rings. The van der Waals surface area contributed by atoms with Gasteiger partial charge in [-0.25, -0.2) is 0 Å². The lowest BCUT2D eigenvalue weighted by atomic mass is 9.95. The third kappa shape index (κ3) is 2.94. The fourth-order valence-corrected chi connectivity index (χ4v) is 3.58. The number of aryl methyl sites for hydroxylation is 1. The van der Waals surface area contributed by atoms with Gasteiger partial charge in [0.05, 0.1) is 5.56 Å². The zero-order chi connectivity index (χ0) is 17.2. The van der Waals surface area contributed by atoms with Crippen LogP contribution in [0.2, 0.25) is 0 Å². The molecular formula is C18H22N4O3. The Morgan fingerprint density at radius 1 is 1.24 bits per heavy atom. The average molecular weight is 342 g/mol. The summed E-state index contributed by atoms with van der Waals surface area (Å²) in [4.78, 5) is 14.8. The molecule has 0 spiro atoms. The molecule has 0 saturated carbocycles. The molecule has 2 aliphatic heterocycles. The maximum absolute atomic E-state index is 12.9. The number of para-hydroxylation sites is 1. The summed E-state index contributed by atoms with van der Waals surface area (Å²) >= 11 is 0. The molecule has 0 N–H and O–H groups in total. The van der Waals surface area contributed by atoms with Crippen LogP contribution in [0, 0.1) is 0 Å². The Balaban J connectivity index is 1.47. The van der Waals surface area contributed by atoms with E-state index in [0.29, 0.717) is 49.3 Å². The van der Waals surface area contributed by atoms with Gasteiger partial charge in [-0.15, -0.1) is 10.2 Å². The van der Waals surface area contributed by atoms with E-state index in [4.69, 9.17) is 9.47 Å². The molecule has 1 aromatic carbocycles. The number of likely N-dealkylation sites (tertiary alicyclic amines) is 1. The molecule has 4 rings (SSSR count). The summed E-state index contributed by atoms with van der Waals surface area (Å²) in [7, 11) is 0. The predicted molar refractivity (Wildman–Crippen MR) is 91.0 cm³/mol. The van der Waals surface area contributed by atoms with Crippen LogP contribution in [0.5, 0.6) is 11.5 Å². The molecule has 132 valence electrons. The van der Waals surface area contributed by atoms with Gasteiger partial charge in [-0.1, -0.05) is 6.07 Å². The number of benzene rings is 1. The SMILES string of the molecule is CCn1cnnc1C1CCN(C(=O)c2cccc3c2OCCO3)CC1. The van der Waals surface area contributed by atoms with Gasteiger partial charge >= 0.3 is 0 Å². The maximum Gasteiger partial charge on any atom is 0.257 e. The molecule has 1 saturated heterocycles. The largest absolute Gasteiger partial charge is 0.486 e. The third-order valence-electron chi connectivity index (χ3n) is 4.93. The Bertz CT molecular complexity index is 765. The first-order valence-electron chi connectivity index (χ1n) is 8.83. The topological polar surface area (TPSA) is 69.5 Å². The number of carbonyl (C=O) groups is 1. The molecule has 1 aromatic heterocycles. The van der Waals surface area contributed by atoms with Crippen molar-refractivity contribution in [3.8, 4) is 11.5 Å². The molecular weight excluding hydrogens is 320 g/mol. The first-order valence-corrected chi connectivity index (χ1v) is 8.83. The standard InChI is InChI=1S/C18H22N4O3/c1-2-21-12-19-20-17(21)13-6-8-22(9-7-13)18(23)14-4-3-5-15-16(14)25-11-10-24-15/h3-5,12-13H,2,6-11H2,1H3. The van der Waals surface area contributed by atoms with Gasteiger partial charge < -0.3 is 18.9 Å². The number of piperidine rings is 1. The second-order valence-corrected chi connectivity index (χ2v) is 6.37. The van der Waals surface area contributed by atoms with E-state index in [0.717, 1.165) is 25.2 Å². The van der Waals surface area contributed by atoms with Gasteiger partial charge in [0, 0.05) is 25.6 Å². The summed E-state index contributed by atoms with van der Waals surface area (Å²) in [6, 6.07) is 5.50. The van der Waals surface area contributed by atoms with Gasteiger partial charge in [-0.2, -0.15) is 0 Å². The Morgan fingerprint density at radius 3 is 2.84 bits per heavy atom. The number of amides is 1. The highest BCUT2D eigenvalue weighted by atomic mass is 16.6. The van der Waals surface area contributed by atoms with Crippen LogP contribution in [0.3, 0.4) is 0 Å². The first-order chi connectivity index (χ1) is 12.3. The lowest BCUT2D eigenvalue weighted by Gasteiger charge is -2.32. The van der Waals surface area contributed by atoms with Gasteiger partial charge in [0.15, 0.2) is 11.5 Å². The smallest absolute Gasteiger partial charge is 0.257 e. The lowest BCUT2D eigenvalue weighted by molar-refractivity contribution is 0.0700. The molecule has 1 amide bonds. The minimum absolute atomic E-state index is 0.0118. The summed E-state index contributed by atoms with van der Waals surface area (Å²) < 4.78 is 13.3.